The van der Waals surface area contributed by atoms with Crippen LogP contribution in [0.1, 0.15) is 36.5 Å². The normalized spacial score (nSPS) is 17.4. The fourth-order valence-electron chi connectivity index (χ4n) is 4.05. The molecule has 0 amide bonds. The number of rotatable bonds is 4. The van der Waals surface area contributed by atoms with Gasteiger partial charge >= 0.3 is 0 Å². The number of nitrogens with zero attached hydrogens (tertiary/aromatic N) is 5. The molecule has 1 unspecified atom stereocenters. The van der Waals surface area contributed by atoms with Crippen LogP contribution in [-0.2, 0) is 6.54 Å². The highest BCUT2D eigenvalue weighted by atomic mass is 35.5. The first-order valence-electron chi connectivity index (χ1n) is 10.5. The maximum Gasteiger partial charge on any atom is 0.299 e. The number of halogens is 2. The Labute approximate surface area is 202 Å². The Balaban J connectivity index is 0.00000149. The lowest BCUT2D eigenvalue weighted by molar-refractivity contribution is -0.432. The van der Waals surface area contributed by atoms with Crippen LogP contribution in [-0.4, -0.2) is 32.8 Å². The van der Waals surface area contributed by atoms with Gasteiger partial charge in [-0.05, 0) is 35.7 Å². The van der Waals surface area contributed by atoms with Gasteiger partial charge in [-0.1, -0.05) is 55.2 Å². The molecule has 1 fully saturated rings. The van der Waals surface area contributed by atoms with E-state index in [-0.39, 0.29) is 17.1 Å². The van der Waals surface area contributed by atoms with E-state index >= 15 is 0 Å². The molecule has 0 saturated carbocycles. The molecule has 2 N–H and O–H groups in total. The molecule has 0 aliphatic carbocycles. The summed E-state index contributed by atoms with van der Waals surface area (Å²) in [6.45, 7) is 7.19. The van der Waals surface area contributed by atoms with Crippen molar-refractivity contribution in [1.29, 1.82) is 5.26 Å². The molecule has 2 aliphatic rings. The van der Waals surface area contributed by atoms with E-state index in [4.69, 9.17) is 28.9 Å². The summed E-state index contributed by atoms with van der Waals surface area (Å²) >= 11 is 12.3. The van der Waals surface area contributed by atoms with Gasteiger partial charge < -0.3 is 15.5 Å². The first kappa shape index (κ1) is 24.4. The van der Waals surface area contributed by atoms with E-state index in [1.165, 1.54) is 0 Å². The Morgan fingerprint density at radius 1 is 1.27 bits per heavy atom. The van der Waals surface area contributed by atoms with Crippen LogP contribution in [0.15, 0.2) is 59.4 Å². The van der Waals surface area contributed by atoms with Gasteiger partial charge in [0.2, 0.25) is 0 Å². The van der Waals surface area contributed by atoms with Crippen LogP contribution >= 0.6 is 23.2 Å². The summed E-state index contributed by atoms with van der Waals surface area (Å²) in [5.41, 5.74) is 8.59. The van der Waals surface area contributed by atoms with Gasteiger partial charge in [0, 0.05) is 30.9 Å². The Kier molecular flexibility index (Phi) is 7.46. The lowest BCUT2D eigenvalue weighted by Gasteiger charge is -2.32. The third-order valence-corrected chi connectivity index (χ3v) is 6.00. The highest BCUT2D eigenvalue weighted by Crippen LogP contribution is 2.45. The molecule has 2 aliphatic heterocycles. The number of nitro groups is 1. The van der Waals surface area contributed by atoms with E-state index in [1.54, 1.807) is 29.3 Å². The topological polar surface area (TPSA) is 112 Å². The molecule has 10 heteroatoms. The quantitative estimate of drug-likeness (QED) is 0.375. The maximum atomic E-state index is 12.3. The van der Waals surface area contributed by atoms with Crippen LogP contribution in [0.25, 0.3) is 0 Å². The molecule has 33 heavy (non-hydrogen) atoms. The summed E-state index contributed by atoms with van der Waals surface area (Å²) in [6.07, 6.45) is 1.63. The van der Waals surface area contributed by atoms with Gasteiger partial charge in [-0.2, -0.15) is 5.26 Å². The molecule has 8 nitrogen and oxygen atoms in total. The van der Waals surface area contributed by atoms with Crippen LogP contribution in [0.2, 0.25) is 10.2 Å². The van der Waals surface area contributed by atoms with Crippen molar-refractivity contribution >= 4 is 23.2 Å². The fourth-order valence-corrected chi connectivity index (χ4v) is 4.51. The number of allylic oxidation sites excluding steroid dienone is 1. The summed E-state index contributed by atoms with van der Waals surface area (Å²) in [5.74, 6) is -0.386. The molecule has 3 heterocycles. The van der Waals surface area contributed by atoms with E-state index in [9.17, 15) is 15.4 Å². The molecule has 4 rings (SSSR count). The number of aryl methyl sites for hydroxylation is 1. The summed E-state index contributed by atoms with van der Waals surface area (Å²) in [5, 5.41) is 22.9. The third kappa shape index (κ3) is 4.61. The lowest BCUT2D eigenvalue weighted by Crippen LogP contribution is -2.37. The van der Waals surface area contributed by atoms with Crippen molar-refractivity contribution < 1.29 is 4.92 Å². The van der Waals surface area contributed by atoms with Gasteiger partial charge in [-0.15, -0.1) is 0 Å². The molecular weight excluding hydrogens is 463 g/mol. The van der Waals surface area contributed by atoms with Crippen LogP contribution in [0.4, 0.5) is 0 Å². The van der Waals surface area contributed by atoms with Gasteiger partial charge in [0.15, 0.2) is 5.82 Å². The van der Waals surface area contributed by atoms with Crippen molar-refractivity contribution in [3.05, 3.63) is 96.4 Å². The minimum absolute atomic E-state index is 0.115. The number of fused-ring (bicyclic) bond motifs is 1. The summed E-state index contributed by atoms with van der Waals surface area (Å²) < 4.78 is 0. The van der Waals surface area contributed by atoms with Gasteiger partial charge in [0.1, 0.15) is 16.9 Å². The molecule has 2 aromatic rings. The van der Waals surface area contributed by atoms with Crippen LogP contribution in [0, 0.1) is 28.4 Å². The fraction of sp³-hybridized carbons (Fsp3) is 0.304. The molecule has 0 spiro atoms. The highest BCUT2D eigenvalue weighted by molar-refractivity contribution is 6.31. The molecule has 1 atom stereocenters. The second-order valence-electron chi connectivity index (χ2n) is 7.40. The standard InChI is InChI=1S/C21H18Cl2N6O2.C2H6/c1-12-2-4-14(16(22)8-12)18-15(9-24)20(25)28-7-6-27(21(28)19(18)29(30)31)11-13-3-5-17(23)26-10-13;1-2/h2-5,8,10,18H,6-7,11,25H2,1H3;1-2H3. The number of nitrogens with two attached hydrogens (primary N) is 1. The first-order valence-corrected chi connectivity index (χ1v) is 11.2. The average Bonchev–Trinajstić information content (AvgIpc) is 3.20. The van der Waals surface area contributed by atoms with Crippen LogP contribution < -0.4 is 5.73 Å². The molecule has 1 aromatic heterocycles. The minimum atomic E-state index is -0.969. The third-order valence-electron chi connectivity index (χ3n) is 5.45. The van der Waals surface area contributed by atoms with Gasteiger partial charge in [-0.25, -0.2) is 4.98 Å². The van der Waals surface area contributed by atoms with E-state index in [1.807, 2.05) is 37.8 Å². The number of benzene rings is 1. The average molecular weight is 487 g/mol. The SMILES string of the molecule is CC.Cc1ccc(C2C(C#N)=C(N)N3CCN(Cc4ccc(Cl)nc4)C3=C2[N+](=O)[O-])c(Cl)c1. The number of aromatic nitrogens is 1. The lowest BCUT2D eigenvalue weighted by atomic mass is 9.85. The summed E-state index contributed by atoms with van der Waals surface area (Å²) in [4.78, 5) is 19.5. The van der Waals surface area contributed by atoms with Crippen LogP contribution in [0.3, 0.4) is 0 Å². The van der Waals surface area contributed by atoms with Gasteiger partial charge in [0.05, 0.1) is 16.6 Å². The smallest absolute Gasteiger partial charge is 0.299 e. The van der Waals surface area contributed by atoms with Crippen molar-refractivity contribution in [2.75, 3.05) is 13.1 Å². The predicted octanol–water partition coefficient (Wildman–Crippen LogP) is 4.78. The minimum Gasteiger partial charge on any atom is -0.384 e. The van der Waals surface area contributed by atoms with E-state index < -0.39 is 10.8 Å². The highest BCUT2D eigenvalue weighted by Gasteiger charge is 2.47. The number of nitriles is 1. The largest absolute Gasteiger partial charge is 0.384 e. The number of hydrogen-bond acceptors (Lipinski definition) is 7. The monoisotopic (exact) mass is 486 g/mol. The summed E-state index contributed by atoms with van der Waals surface area (Å²) in [7, 11) is 0. The van der Waals surface area contributed by atoms with E-state index in [0.717, 1.165) is 11.1 Å². The van der Waals surface area contributed by atoms with E-state index in [2.05, 4.69) is 11.1 Å². The van der Waals surface area contributed by atoms with Crippen molar-refractivity contribution in [2.24, 2.45) is 5.73 Å². The second-order valence-corrected chi connectivity index (χ2v) is 8.19. The maximum absolute atomic E-state index is 12.3. The molecule has 0 bridgehead atoms. The zero-order valence-electron chi connectivity index (χ0n) is 18.5. The summed E-state index contributed by atoms with van der Waals surface area (Å²) in [6, 6.07) is 10.8. The molecular formula is C23H24Cl2N6O2. The molecule has 0 radical (unpaired) electrons. The zero-order valence-corrected chi connectivity index (χ0v) is 20.1. The number of hydrogen-bond donors (Lipinski definition) is 1. The Bertz CT molecular complexity index is 1170. The Morgan fingerprint density at radius 3 is 2.58 bits per heavy atom. The van der Waals surface area contributed by atoms with E-state index in [0.29, 0.717) is 41.2 Å². The van der Waals surface area contributed by atoms with Gasteiger partial charge in [-0.3, -0.25) is 10.1 Å². The Hall–Kier alpha value is -3.28. The number of pyridine rings is 1. The second kappa shape index (κ2) is 10.1. The van der Waals surface area contributed by atoms with Gasteiger partial charge in [0.25, 0.3) is 5.70 Å². The van der Waals surface area contributed by atoms with Crippen molar-refractivity contribution in [2.45, 2.75) is 33.2 Å². The van der Waals surface area contributed by atoms with Crippen molar-refractivity contribution in [3.8, 4) is 6.07 Å². The van der Waals surface area contributed by atoms with Crippen molar-refractivity contribution in [1.82, 2.24) is 14.8 Å². The molecule has 172 valence electrons. The zero-order chi connectivity index (χ0) is 24.3. The molecule has 1 saturated heterocycles. The molecule has 1 aromatic carbocycles. The first-order chi connectivity index (χ1) is 15.8. The van der Waals surface area contributed by atoms with Crippen molar-refractivity contribution in [3.63, 3.8) is 0 Å². The Morgan fingerprint density at radius 2 is 2.00 bits per heavy atom. The predicted molar refractivity (Wildman–Crippen MR) is 127 cm³/mol. The van der Waals surface area contributed by atoms with Crippen LogP contribution in [0.5, 0.6) is 0 Å².